The van der Waals surface area contributed by atoms with Crippen LogP contribution in [0.4, 0.5) is 26.1 Å². The number of rotatable bonds is 8. The molecule has 4 aromatic heterocycles. The SMILES string of the molecule is [2H]C([2H])([2H])NC(=O)c1cnc(Nc2ccc(C(C)(C)O)c(F)n2)cc1NC(=O)c1nccc(-c2ncc(F)cn2)c1OC. The van der Waals surface area contributed by atoms with Gasteiger partial charge in [-0.05, 0) is 32.0 Å². The van der Waals surface area contributed by atoms with Crippen LogP contribution in [-0.4, -0.2) is 55.9 Å². The number of pyridine rings is 3. The average Bonchev–Trinajstić information content (AvgIpc) is 2.91. The van der Waals surface area contributed by atoms with E-state index in [-0.39, 0.29) is 51.3 Å². The molecule has 0 aliphatic heterocycles. The van der Waals surface area contributed by atoms with E-state index in [1.54, 1.807) is 0 Å². The molecule has 0 spiro atoms. The first-order valence-corrected chi connectivity index (χ1v) is 11.5. The predicted octanol–water partition coefficient (Wildman–Crippen LogP) is 3.20. The van der Waals surface area contributed by atoms with Crippen molar-refractivity contribution in [2.75, 3.05) is 24.7 Å². The zero-order valence-corrected chi connectivity index (χ0v) is 21.3. The van der Waals surface area contributed by atoms with E-state index >= 15 is 0 Å². The number of hydrogen-bond donors (Lipinski definition) is 4. The Labute approximate surface area is 231 Å². The number of nitrogens with zero attached hydrogens (tertiary/aromatic N) is 5. The van der Waals surface area contributed by atoms with Gasteiger partial charge in [0.1, 0.15) is 11.6 Å². The molecule has 0 aliphatic rings. The van der Waals surface area contributed by atoms with E-state index in [1.807, 2.05) is 5.32 Å². The van der Waals surface area contributed by atoms with Crippen molar-refractivity contribution in [3.63, 3.8) is 0 Å². The van der Waals surface area contributed by atoms with Crippen LogP contribution in [0.5, 0.6) is 5.75 Å². The molecule has 4 N–H and O–H groups in total. The minimum absolute atomic E-state index is 0.0166. The van der Waals surface area contributed by atoms with E-state index in [0.29, 0.717) is 0 Å². The largest absolute Gasteiger partial charge is 0.493 e. The van der Waals surface area contributed by atoms with Crippen LogP contribution >= 0.6 is 0 Å². The van der Waals surface area contributed by atoms with E-state index in [9.17, 15) is 23.5 Å². The van der Waals surface area contributed by atoms with Crippen molar-refractivity contribution in [2.24, 2.45) is 0 Å². The quantitative estimate of drug-likeness (QED) is 0.238. The lowest BCUT2D eigenvalue weighted by Gasteiger charge is -2.18. The normalized spacial score (nSPS) is 12.5. The first kappa shape index (κ1) is 24.0. The fourth-order valence-corrected chi connectivity index (χ4v) is 3.59. The number of aliphatic hydroxyl groups is 1. The molecule has 0 bridgehead atoms. The zero-order valence-electron chi connectivity index (χ0n) is 24.3. The van der Waals surface area contributed by atoms with Crippen LogP contribution < -0.4 is 20.7 Å². The van der Waals surface area contributed by atoms with Gasteiger partial charge in [-0.15, -0.1) is 0 Å². The number of carbonyl (C=O) groups is 2. The first-order valence-electron chi connectivity index (χ1n) is 13.0. The summed E-state index contributed by atoms with van der Waals surface area (Å²) >= 11 is 0. The van der Waals surface area contributed by atoms with Gasteiger partial charge in [0.05, 0.1) is 41.9 Å². The highest BCUT2D eigenvalue weighted by Crippen LogP contribution is 2.31. The lowest BCUT2D eigenvalue weighted by atomic mass is 10.0. The smallest absolute Gasteiger partial charge is 0.278 e. The monoisotopic (exact) mass is 553 g/mol. The molecule has 4 aromatic rings. The van der Waals surface area contributed by atoms with Crippen LogP contribution in [0.3, 0.4) is 0 Å². The third kappa shape index (κ3) is 5.96. The van der Waals surface area contributed by atoms with E-state index in [2.05, 4.69) is 35.6 Å². The molecule has 206 valence electrons. The summed E-state index contributed by atoms with van der Waals surface area (Å²) in [7, 11) is 1.26. The standard InChI is InChI=1S/C26H24F2N8O4/c1-26(2,39)16-5-6-18(36-22(16)28)35-19-9-17(15(12-31-19)24(37)29-3)34-25(38)20-21(40-4)14(7-8-30-20)23-32-10-13(27)11-33-23/h5-12,39H,1-4H3,(H,29,37)(H2,31,34,35,36,38)/i3D3. The minimum Gasteiger partial charge on any atom is -0.493 e. The molecule has 0 fully saturated rings. The number of halogens is 2. The summed E-state index contributed by atoms with van der Waals surface area (Å²) < 4.78 is 55.3. The van der Waals surface area contributed by atoms with Crippen molar-refractivity contribution in [1.29, 1.82) is 0 Å². The molecule has 12 nitrogen and oxygen atoms in total. The minimum atomic E-state index is -2.85. The number of nitrogens with one attached hydrogen (secondary N) is 3. The Morgan fingerprint density at radius 2 is 1.77 bits per heavy atom. The fourth-order valence-electron chi connectivity index (χ4n) is 3.59. The molecule has 4 rings (SSSR count). The Hall–Kier alpha value is -5.11. The Morgan fingerprint density at radius 3 is 2.42 bits per heavy atom. The van der Waals surface area contributed by atoms with Gasteiger partial charge >= 0.3 is 0 Å². The van der Waals surface area contributed by atoms with E-state index in [0.717, 1.165) is 18.6 Å². The molecule has 4 heterocycles. The van der Waals surface area contributed by atoms with Crippen molar-refractivity contribution in [1.82, 2.24) is 30.2 Å². The molecule has 40 heavy (non-hydrogen) atoms. The van der Waals surface area contributed by atoms with Gasteiger partial charge < -0.3 is 25.8 Å². The van der Waals surface area contributed by atoms with Crippen LogP contribution in [-0.2, 0) is 5.60 Å². The number of methoxy groups -OCH3 is 1. The van der Waals surface area contributed by atoms with Crippen molar-refractivity contribution in [3.8, 4) is 17.1 Å². The Bertz CT molecular complexity index is 1680. The maximum absolute atomic E-state index is 14.5. The fraction of sp³-hybridized carbons (Fsp3) is 0.192. The van der Waals surface area contributed by atoms with Gasteiger partial charge in [-0.1, -0.05) is 0 Å². The van der Waals surface area contributed by atoms with Crippen LogP contribution in [0.1, 0.15) is 44.4 Å². The highest BCUT2D eigenvalue weighted by molar-refractivity contribution is 6.10. The molecule has 0 saturated carbocycles. The summed E-state index contributed by atoms with van der Waals surface area (Å²) in [4.78, 5) is 45.9. The van der Waals surface area contributed by atoms with Crippen LogP contribution in [0, 0.1) is 11.8 Å². The second-order valence-electron chi connectivity index (χ2n) is 8.71. The number of hydrogen-bond acceptors (Lipinski definition) is 10. The van der Waals surface area contributed by atoms with Gasteiger partial charge in [0, 0.05) is 35.1 Å². The Kier molecular flexibility index (Phi) is 6.79. The zero-order chi connectivity index (χ0) is 31.5. The number of anilines is 3. The van der Waals surface area contributed by atoms with E-state index < -0.39 is 36.2 Å². The lowest BCUT2D eigenvalue weighted by molar-refractivity contribution is 0.0736. The first-order chi connectivity index (χ1) is 20.2. The van der Waals surface area contributed by atoms with Gasteiger partial charge in [-0.25, -0.2) is 29.3 Å². The molecule has 0 saturated heterocycles. The highest BCUT2D eigenvalue weighted by atomic mass is 19.1. The van der Waals surface area contributed by atoms with Crippen molar-refractivity contribution < 1.29 is 32.3 Å². The Balaban J connectivity index is 1.71. The summed E-state index contributed by atoms with van der Waals surface area (Å²) in [5.41, 5.74) is -2.13. The summed E-state index contributed by atoms with van der Waals surface area (Å²) in [5.74, 6) is -3.66. The van der Waals surface area contributed by atoms with Crippen LogP contribution in [0.15, 0.2) is 49.1 Å². The number of carbonyl (C=O) groups excluding carboxylic acids is 2. The van der Waals surface area contributed by atoms with Gasteiger partial charge in [0.25, 0.3) is 11.8 Å². The third-order valence-corrected chi connectivity index (χ3v) is 5.46. The molecular weight excluding hydrogens is 526 g/mol. The molecule has 0 aromatic carbocycles. The third-order valence-electron chi connectivity index (χ3n) is 5.46. The summed E-state index contributed by atoms with van der Waals surface area (Å²) in [6.07, 6.45) is 4.12. The van der Waals surface area contributed by atoms with Crippen molar-refractivity contribution in [3.05, 3.63) is 77.6 Å². The average molecular weight is 554 g/mol. The number of ether oxygens (including phenoxy) is 1. The van der Waals surface area contributed by atoms with Crippen molar-refractivity contribution in [2.45, 2.75) is 19.4 Å². The molecule has 14 heteroatoms. The predicted molar refractivity (Wildman–Crippen MR) is 140 cm³/mol. The molecule has 0 unspecified atom stereocenters. The van der Waals surface area contributed by atoms with Gasteiger partial charge in [-0.3, -0.25) is 9.59 Å². The molecule has 0 atom stereocenters. The summed E-state index contributed by atoms with van der Waals surface area (Å²) in [6, 6.07) is 5.34. The van der Waals surface area contributed by atoms with E-state index in [1.165, 1.54) is 51.4 Å². The summed E-state index contributed by atoms with van der Waals surface area (Å²) in [5, 5.41) is 17.1. The maximum atomic E-state index is 14.5. The molecule has 2 amide bonds. The summed E-state index contributed by atoms with van der Waals surface area (Å²) in [6.45, 7) is -0.0643. The highest BCUT2D eigenvalue weighted by Gasteiger charge is 2.24. The van der Waals surface area contributed by atoms with Gasteiger partial charge in [-0.2, -0.15) is 4.39 Å². The van der Waals surface area contributed by atoms with E-state index in [4.69, 9.17) is 8.85 Å². The van der Waals surface area contributed by atoms with Crippen LogP contribution in [0.2, 0.25) is 0 Å². The van der Waals surface area contributed by atoms with Gasteiger partial charge in [0.15, 0.2) is 23.1 Å². The second-order valence-corrected chi connectivity index (χ2v) is 8.71. The maximum Gasteiger partial charge on any atom is 0.278 e. The molecule has 0 aliphatic carbocycles. The number of amides is 2. The number of aromatic nitrogens is 5. The van der Waals surface area contributed by atoms with Gasteiger partial charge in [0.2, 0.25) is 5.95 Å². The van der Waals surface area contributed by atoms with Crippen LogP contribution in [0.25, 0.3) is 11.4 Å². The van der Waals surface area contributed by atoms with Crippen molar-refractivity contribution >= 4 is 29.1 Å². The topological polar surface area (TPSA) is 164 Å². The molecule has 0 radical (unpaired) electrons. The second kappa shape index (κ2) is 11.3. The molecular formula is C26H24F2N8O4. The lowest BCUT2D eigenvalue weighted by Crippen LogP contribution is -2.23. The Morgan fingerprint density at radius 1 is 1.02 bits per heavy atom.